The molecule has 7 aromatic carbocycles. The standard InChI is InChI=1S/C51H40N2/c1-51(2)47-27-11-10-24-44(47)46-26-14-28-48(50(46)51)53(39-21-12-17-36(29-30-39)42-25-13-18-35-15-6-8-22-41(35)42)40-31-32-45-43-23-9-7-16-37(43)34-52(49(45)33-40)38-19-4-3-5-20-38/h3-20,22-33H,21,34H2,1-2H3. The van der Waals surface area contributed by atoms with Crippen LogP contribution in [0.5, 0.6) is 0 Å². The summed E-state index contributed by atoms with van der Waals surface area (Å²) in [6, 6.07) is 58.0. The van der Waals surface area contributed by atoms with Crippen LogP contribution >= 0.6 is 0 Å². The molecule has 53 heavy (non-hydrogen) atoms. The number of hydrogen-bond acceptors (Lipinski definition) is 2. The van der Waals surface area contributed by atoms with Crippen LogP contribution < -0.4 is 9.80 Å². The number of allylic oxidation sites excluding steroid dienone is 5. The fourth-order valence-corrected chi connectivity index (χ4v) is 9.03. The number of anilines is 4. The highest BCUT2D eigenvalue weighted by Crippen LogP contribution is 2.54. The van der Waals surface area contributed by atoms with Crippen LogP contribution in [0.15, 0.2) is 188 Å². The predicted molar refractivity (Wildman–Crippen MR) is 224 cm³/mol. The van der Waals surface area contributed by atoms with Crippen LogP contribution in [0.2, 0.25) is 0 Å². The molecule has 3 aliphatic rings. The molecule has 0 bridgehead atoms. The first-order chi connectivity index (χ1) is 26.1. The van der Waals surface area contributed by atoms with Crippen molar-refractivity contribution in [2.75, 3.05) is 9.80 Å². The van der Waals surface area contributed by atoms with Crippen molar-refractivity contribution >= 4 is 39.1 Å². The van der Waals surface area contributed by atoms with E-state index in [1.165, 1.54) is 83.6 Å². The van der Waals surface area contributed by atoms with Crippen molar-refractivity contribution in [2.45, 2.75) is 32.2 Å². The quantitative estimate of drug-likeness (QED) is 0.179. The molecule has 2 nitrogen and oxygen atoms in total. The lowest BCUT2D eigenvalue weighted by Gasteiger charge is -2.36. The summed E-state index contributed by atoms with van der Waals surface area (Å²) in [5.41, 5.74) is 17.7. The van der Waals surface area contributed by atoms with E-state index in [-0.39, 0.29) is 5.41 Å². The Morgan fingerprint density at radius 1 is 0.585 bits per heavy atom. The molecule has 1 heterocycles. The summed E-state index contributed by atoms with van der Waals surface area (Å²) in [5, 5.41) is 2.53. The number of nitrogens with zero attached hydrogens (tertiary/aromatic N) is 2. The highest BCUT2D eigenvalue weighted by atomic mass is 15.2. The molecular weight excluding hydrogens is 641 g/mol. The molecule has 10 rings (SSSR count). The Kier molecular flexibility index (Phi) is 7.33. The van der Waals surface area contributed by atoms with Crippen LogP contribution in [0.25, 0.3) is 38.6 Å². The van der Waals surface area contributed by atoms with Crippen LogP contribution in [-0.4, -0.2) is 0 Å². The zero-order chi connectivity index (χ0) is 35.5. The van der Waals surface area contributed by atoms with Crippen molar-refractivity contribution in [1.82, 2.24) is 0 Å². The monoisotopic (exact) mass is 680 g/mol. The van der Waals surface area contributed by atoms with Gasteiger partial charge in [-0.15, -0.1) is 0 Å². The first kappa shape index (κ1) is 31.4. The molecule has 0 unspecified atom stereocenters. The number of hydrogen-bond donors (Lipinski definition) is 0. The highest BCUT2D eigenvalue weighted by molar-refractivity contribution is 5.97. The second-order valence-corrected chi connectivity index (χ2v) is 14.9. The second kappa shape index (κ2) is 12.4. The maximum Gasteiger partial charge on any atom is 0.0514 e. The fraction of sp³-hybridized carbons (Fsp3) is 0.0980. The Balaban J connectivity index is 1.19. The molecule has 254 valence electrons. The Hall–Kier alpha value is -6.38. The molecular formula is C51H40N2. The molecule has 0 aromatic heterocycles. The first-order valence-corrected chi connectivity index (χ1v) is 18.7. The van der Waals surface area contributed by atoms with Gasteiger partial charge >= 0.3 is 0 Å². The summed E-state index contributed by atoms with van der Waals surface area (Å²) in [5.74, 6) is 0. The van der Waals surface area contributed by atoms with Gasteiger partial charge in [-0.1, -0.05) is 159 Å². The van der Waals surface area contributed by atoms with Gasteiger partial charge in [0.2, 0.25) is 0 Å². The van der Waals surface area contributed by atoms with Gasteiger partial charge in [0.25, 0.3) is 0 Å². The molecule has 0 atom stereocenters. The van der Waals surface area contributed by atoms with Gasteiger partial charge in [-0.05, 0) is 91.7 Å². The van der Waals surface area contributed by atoms with Gasteiger partial charge in [-0.3, -0.25) is 0 Å². The number of rotatable bonds is 5. The Morgan fingerprint density at radius 3 is 2.21 bits per heavy atom. The number of fused-ring (bicyclic) bond motifs is 7. The summed E-state index contributed by atoms with van der Waals surface area (Å²) in [6.45, 7) is 5.60. The molecule has 0 fully saturated rings. The van der Waals surface area contributed by atoms with Crippen molar-refractivity contribution in [3.63, 3.8) is 0 Å². The van der Waals surface area contributed by atoms with Crippen LogP contribution in [0.4, 0.5) is 22.7 Å². The second-order valence-electron chi connectivity index (χ2n) is 14.9. The van der Waals surface area contributed by atoms with Gasteiger partial charge in [0, 0.05) is 41.0 Å². The Bertz CT molecular complexity index is 2650. The summed E-state index contributed by atoms with van der Waals surface area (Å²) >= 11 is 0. The summed E-state index contributed by atoms with van der Waals surface area (Å²) in [4.78, 5) is 5.03. The van der Waals surface area contributed by atoms with E-state index in [0.717, 1.165) is 18.7 Å². The zero-order valence-electron chi connectivity index (χ0n) is 30.1. The lowest BCUT2D eigenvalue weighted by Crippen LogP contribution is -2.25. The fourth-order valence-electron chi connectivity index (χ4n) is 9.03. The van der Waals surface area contributed by atoms with Crippen molar-refractivity contribution < 1.29 is 0 Å². The number of benzene rings is 7. The van der Waals surface area contributed by atoms with E-state index in [0.29, 0.717) is 0 Å². The maximum absolute atomic E-state index is 2.54. The van der Waals surface area contributed by atoms with Crippen molar-refractivity contribution in [2.24, 2.45) is 0 Å². The van der Waals surface area contributed by atoms with Crippen LogP contribution in [0.1, 0.15) is 42.5 Å². The van der Waals surface area contributed by atoms with Gasteiger partial charge in [0.05, 0.1) is 11.4 Å². The van der Waals surface area contributed by atoms with E-state index in [9.17, 15) is 0 Å². The molecule has 0 amide bonds. The highest BCUT2D eigenvalue weighted by Gasteiger charge is 2.39. The topological polar surface area (TPSA) is 6.48 Å². The first-order valence-electron chi connectivity index (χ1n) is 18.7. The summed E-state index contributed by atoms with van der Waals surface area (Å²) in [7, 11) is 0. The van der Waals surface area contributed by atoms with Crippen molar-refractivity contribution in [3.8, 4) is 22.3 Å². The molecule has 2 aliphatic carbocycles. The Morgan fingerprint density at radius 2 is 1.30 bits per heavy atom. The molecule has 7 aromatic rings. The number of para-hydroxylation sites is 1. The normalized spacial score (nSPS) is 15.1. The van der Waals surface area contributed by atoms with Crippen LogP contribution in [0, 0.1) is 0 Å². The van der Waals surface area contributed by atoms with Gasteiger partial charge in [0.15, 0.2) is 0 Å². The van der Waals surface area contributed by atoms with E-state index in [4.69, 9.17) is 0 Å². The van der Waals surface area contributed by atoms with Crippen molar-refractivity contribution in [1.29, 1.82) is 0 Å². The van der Waals surface area contributed by atoms with E-state index < -0.39 is 0 Å². The lowest BCUT2D eigenvalue weighted by molar-refractivity contribution is 0.660. The molecule has 2 heteroatoms. The van der Waals surface area contributed by atoms with E-state index in [2.05, 4.69) is 206 Å². The third kappa shape index (κ3) is 5.09. The van der Waals surface area contributed by atoms with Gasteiger partial charge in [0.1, 0.15) is 0 Å². The molecule has 0 saturated carbocycles. The Labute approximate surface area is 312 Å². The van der Waals surface area contributed by atoms with E-state index in [1.807, 2.05) is 0 Å². The van der Waals surface area contributed by atoms with Crippen molar-refractivity contribution in [3.05, 3.63) is 210 Å². The van der Waals surface area contributed by atoms with Gasteiger partial charge in [-0.25, -0.2) is 0 Å². The minimum atomic E-state index is -0.172. The maximum atomic E-state index is 2.54. The molecule has 0 saturated heterocycles. The average Bonchev–Trinajstić information content (AvgIpc) is 3.32. The molecule has 1 aliphatic heterocycles. The third-order valence-electron chi connectivity index (χ3n) is 11.5. The average molecular weight is 681 g/mol. The SMILES string of the molecule is CC1(C)c2ccccc2-c2cccc(N(C3=CC=C(c4cccc5ccccc45)C=CC3)c3ccc4c(c3)N(c3ccccc3)Cc3ccccc3-4)c21. The largest absolute Gasteiger partial charge is 0.336 e. The molecule has 0 radical (unpaired) electrons. The van der Waals surface area contributed by atoms with E-state index in [1.54, 1.807) is 0 Å². The van der Waals surface area contributed by atoms with E-state index >= 15 is 0 Å². The zero-order valence-corrected chi connectivity index (χ0v) is 30.1. The smallest absolute Gasteiger partial charge is 0.0514 e. The third-order valence-corrected chi connectivity index (χ3v) is 11.5. The minimum Gasteiger partial charge on any atom is -0.336 e. The lowest BCUT2D eigenvalue weighted by atomic mass is 9.81. The predicted octanol–water partition coefficient (Wildman–Crippen LogP) is 13.5. The van der Waals surface area contributed by atoms with Gasteiger partial charge in [-0.2, -0.15) is 0 Å². The van der Waals surface area contributed by atoms with Gasteiger partial charge < -0.3 is 9.80 Å². The summed E-state index contributed by atoms with van der Waals surface area (Å²) in [6.07, 6.45) is 10.1. The summed E-state index contributed by atoms with van der Waals surface area (Å²) < 4.78 is 0. The van der Waals surface area contributed by atoms with Crippen LogP contribution in [0.3, 0.4) is 0 Å². The van der Waals surface area contributed by atoms with Crippen LogP contribution in [-0.2, 0) is 12.0 Å². The molecule has 0 N–H and O–H groups in total. The molecule has 0 spiro atoms. The minimum absolute atomic E-state index is 0.172.